The van der Waals surface area contributed by atoms with E-state index in [1.54, 1.807) is 18.8 Å². The van der Waals surface area contributed by atoms with Crippen LogP contribution in [0.4, 0.5) is 0 Å². The van der Waals surface area contributed by atoms with Gasteiger partial charge in [-0.1, -0.05) is 0 Å². The Balaban J connectivity index is 1.98. The van der Waals surface area contributed by atoms with Gasteiger partial charge in [-0.3, -0.25) is 0 Å². The van der Waals surface area contributed by atoms with Gasteiger partial charge in [-0.15, -0.1) is 0 Å². The van der Waals surface area contributed by atoms with Crippen LogP contribution in [0, 0.1) is 0 Å². The lowest BCUT2D eigenvalue weighted by molar-refractivity contribution is 0.401. The van der Waals surface area contributed by atoms with Gasteiger partial charge in [0, 0.05) is 11.6 Å². The highest BCUT2D eigenvalue weighted by atomic mass is 16.3. The predicted molar refractivity (Wildman–Crippen MR) is 57.4 cm³/mol. The van der Waals surface area contributed by atoms with Crippen molar-refractivity contribution in [3.05, 3.63) is 48.3 Å². The van der Waals surface area contributed by atoms with Gasteiger partial charge in [0.25, 0.3) is 0 Å². The van der Waals surface area contributed by atoms with Crippen LogP contribution < -0.4 is 5.32 Å². The number of nitrogens with one attached hydrogen (secondary N) is 1. The second-order valence-corrected chi connectivity index (χ2v) is 3.68. The Hall–Kier alpha value is -1.48. The van der Waals surface area contributed by atoms with E-state index >= 15 is 0 Å². The molecule has 2 aromatic heterocycles. The molecule has 0 radical (unpaired) electrons. The van der Waals surface area contributed by atoms with E-state index in [2.05, 4.69) is 19.2 Å². The summed E-state index contributed by atoms with van der Waals surface area (Å²) in [4.78, 5) is 0. The summed E-state index contributed by atoms with van der Waals surface area (Å²) in [6, 6.07) is 6.29. The molecule has 80 valence electrons. The van der Waals surface area contributed by atoms with Crippen LogP contribution in [0.2, 0.25) is 0 Å². The Kier molecular flexibility index (Phi) is 2.92. The minimum Gasteiger partial charge on any atom is -0.472 e. The van der Waals surface area contributed by atoms with Crippen LogP contribution in [0.25, 0.3) is 0 Å². The van der Waals surface area contributed by atoms with Crippen molar-refractivity contribution in [2.45, 2.75) is 25.9 Å². The van der Waals surface area contributed by atoms with Gasteiger partial charge in [0.2, 0.25) is 0 Å². The lowest BCUT2D eigenvalue weighted by Crippen LogP contribution is -2.21. The van der Waals surface area contributed by atoms with Crippen molar-refractivity contribution in [1.82, 2.24) is 5.32 Å². The third kappa shape index (κ3) is 2.30. The number of rotatable bonds is 4. The van der Waals surface area contributed by atoms with Gasteiger partial charge < -0.3 is 14.2 Å². The van der Waals surface area contributed by atoms with Gasteiger partial charge >= 0.3 is 0 Å². The van der Waals surface area contributed by atoms with Crippen molar-refractivity contribution in [3.63, 3.8) is 0 Å². The molecule has 1 unspecified atom stereocenters. The standard InChI is InChI=1S/C12H15NO2/c1-9(11-5-7-14-8-11)13-10(2)12-4-3-6-15-12/h3-10,13H,1-2H3/t9?,10-/m1/s1. The molecule has 3 nitrogen and oxygen atoms in total. The van der Waals surface area contributed by atoms with Crippen LogP contribution in [0.3, 0.4) is 0 Å². The van der Waals surface area contributed by atoms with E-state index < -0.39 is 0 Å². The average Bonchev–Trinajstić information content (AvgIpc) is 2.91. The average molecular weight is 205 g/mol. The third-order valence-electron chi connectivity index (χ3n) is 2.51. The molecule has 0 aliphatic carbocycles. The van der Waals surface area contributed by atoms with Gasteiger partial charge in [0.15, 0.2) is 0 Å². The van der Waals surface area contributed by atoms with Gasteiger partial charge in [0.05, 0.1) is 24.8 Å². The molecule has 0 aliphatic rings. The van der Waals surface area contributed by atoms with Gasteiger partial charge in [-0.05, 0) is 32.0 Å². The molecule has 0 saturated heterocycles. The van der Waals surface area contributed by atoms with Gasteiger partial charge in [0.1, 0.15) is 5.76 Å². The van der Waals surface area contributed by atoms with Crippen LogP contribution in [0.5, 0.6) is 0 Å². The fourth-order valence-corrected chi connectivity index (χ4v) is 1.61. The van der Waals surface area contributed by atoms with Crippen LogP contribution in [-0.4, -0.2) is 0 Å². The minimum atomic E-state index is 0.199. The molecule has 2 aromatic rings. The molecule has 1 N–H and O–H groups in total. The van der Waals surface area contributed by atoms with E-state index in [0.717, 1.165) is 11.3 Å². The molecule has 2 atom stereocenters. The fraction of sp³-hybridized carbons (Fsp3) is 0.333. The Labute approximate surface area is 89.1 Å². The fourth-order valence-electron chi connectivity index (χ4n) is 1.61. The summed E-state index contributed by atoms with van der Waals surface area (Å²) in [7, 11) is 0. The SMILES string of the molecule is CC(N[C@H](C)c1ccco1)c1ccoc1. The molecular formula is C12H15NO2. The van der Waals surface area contributed by atoms with Crippen LogP contribution >= 0.6 is 0 Å². The van der Waals surface area contributed by atoms with E-state index in [0.29, 0.717) is 0 Å². The molecule has 0 aliphatic heterocycles. The van der Waals surface area contributed by atoms with Crippen LogP contribution in [0.1, 0.15) is 37.3 Å². The molecule has 0 spiro atoms. The van der Waals surface area contributed by atoms with Crippen molar-refractivity contribution in [2.24, 2.45) is 0 Å². The Morgan fingerprint density at radius 3 is 2.60 bits per heavy atom. The van der Waals surface area contributed by atoms with E-state index in [1.165, 1.54) is 0 Å². The van der Waals surface area contributed by atoms with Gasteiger partial charge in [-0.2, -0.15) is 0 Å². The first kappa shape index (κ1) is 10.1. The molecule has 2 heterocycles. The van der Waals surface area contributed by atoms with Crippen molar-refractivity contribution in [1.29, 1.82) is 0 Å². The summed E-state index contributed by atoms with van der Waals surface area (Å²) in [6.07, 6.45) is 5.13. The Morgan fingerprint density at radius 2 is 2.00 bits per heavy atom. The molecule has 3 heteroatoms. The van der Waals surface area contributed by atoms with Crippen molar-refractivity contribution in [2.75, 3.05) is 0 Å². The van der Waals surface area contributed by atoms with E-state index in [4.69, 9.17) is 8.83 Å². The van der Waals surface area contributed by atoms with Crippen LogP contribution in [0.15, 0.2) is 45.8 Å². The summed E-state index contributed by atoms with van der Waals surface area (Å²) in [5, 5.41) is 3.43. The zero-order valence-electron chi connectivity index (χ0n) is 8.94. The predicted octanol–water partition coefficient (Wildman–Crippen LogP) is 3.28. The molecule has 0 saturated carbocycles. The molecule has 15 heavy (non-hydrogen) atoms. The smallest absolute Gasteiger partial charge is 0.120 e. The molecule has 0 bridgehead atoms. The first-order valence-corrected chi connectivity index (χ1v) is 5.09. The maximum absolute atomic E-state index is 5.33. The quantitative estimate of drug-likeness (QED) is 0.832. The first-order valence-electron chi connectivity index (χ1n) is 5.09. The molecule has 2 rings (SSSR count). The van der Waals surface area contributed by atoms with Crippen molar-refractivity contribution in [3.8, 4) is 0 Å². The summed E-state index contributed by atoms with van der Waals surface area (Å²) < 4.78 is 10.4. The molecule has 0 fully saturated rings. The monoisotopic (exact) mass is 205 g/mol. The summed E-state index contributed by atoms with van der Waals surface area (Å²) in [6.45, 7) is 4.18. The number of furan rings is 2. The summed E-state index contributed by atoms with van der Waals surface area (Å²) in [5.41, 5.74) is 1.15. The number of hydrogen-bond acceptors (Lipinski definition) is 3. The molecular weight excluding hydrogens is 190 g/mol. The maximum Gasteiger partial charge on any atom is 0.120 e. The normalized spacial score (nSPS) is 15.1. The highest BCUT2D eigenvalue weighted by Gasteiger charge is 2.13. The van der Waals surface area contributed by atoms with E-state index in [1.807, 2.05) is 18.2 Å². The zero-order valence-corrected chi connectivity index (χ0v) is 8.94. The Morgan fingerprint density at radius 1 is 1.13 bits per heavy atom. The van der Waals surface area contributed by atoms with E-state index in [9.17, 15) is 0 Å². The molecule has 0 aromatic carbocycles. The topological polar surface area (TPSA) is 38.3 Å². The maximum atomic E-state index is 5.33. The van der Waals surface area contributed by atoms with Crippen LogP contribution in [-0.2, 0) is 0 Å². The second kappa shape index (κ2) is 4.36. The lowest BCUT2D eigenvalue weighted by atomic mass is 10.1. The Bertz CT molecular complexity index is 339. The minimum absolute atomic E-state index is 0.199. The highest BCUT2D eigenvalue weighted by Crippen LogP contribution is 2.19. The zero-order chi connectivity index (χ0) is 10.7. The van der Waals surface area contributed by atoms with Crippen molar-refractivity contribution >= 4 is 0 Å². The third-order valence-corrected chi connectivity index (χ3v) is 2.51. The van der Waals surface area contributed by atoms with E-state index in [-0.39, 0.29) is 12.1 Å². The first-order chi connectivity index (χ1) is 7.27. The second-order valence-electron chi connectivity index (χ2n) is 3.68. The summed E-state index contributed by atoms with van der Waals surface area (Å²) in [5.74, 6) is 0.949. The van der Waals surface area contributed by atoms with Gasteiger partial charge in [-0.25, -0.2) is 0 Å². The largest absolute Gasteiger partial charge is 0.472 e. The summed E-state index contributed by atoms with van der Waals surface area (Å²) >= 11 is 0. The van der Waals surface area contributed by atoms with Crippen molar-refractivity contribution < 1.29 is 8.83 Å². The number of hydrogen-bond donors (Lipinski definition) is 1. The lowest BCUT2D eigenvalue weighted by Gasteiger charge is -2.17. The highest BCUT2D eigenvalue weighted by molar-refractivity contribution is 5.12. The molecule has 0 amide bonds.